The minimum atomic E-state index is -0.893. The van der Waals surface area contributed by atoms with Gasteiger partial charge in [0.05, 0.1) is 24.8 Å². The lowest BCUT2D eigenvalue weighted by molar-refractivity contribution is -0.135. The fourth-order valence-corrected chi connectivity index (χ4v) is 3.50. The Morgan fingerprint density at radius 1 is 1.03 bits per heavy atom. The van der Waals surface area contributed by atoms with E-state index in [1.165, 1.54) is 0 Å². The van der Waals surface area contributed by atoms with E-state index in [9.17, 15) is 14.7 Å². The molecule has 1 aromatic carbocycles. The van der Waals surface area contributed by atoms with Crippen LogP contribution in [-0.2, 0) is 9.59 Å². The van der Waals surface area contributed by atoms with Crippen molar-refractivity contribution < 1.29 is 19.9 Å². The molecule has 3 rings (SSSR count). The lowest BCUT2D eigenvalue weighted by Gasteiger charge is -2.31. The monoisotopic (exact) mass is 450 g/mol. The molecule has 8 heteroatoms. The highest BCUT2D eigenvalue weighted by molar-refractivity contribution is 5.87. The zero-order valence-electron chi connectivity index (χ0n) is 19.0. The molecule has 0 saturated heterocycles. The first kappa shape index (κ1) is 24.2. The van der Waals surface area contributed by atoms with Crippen LogP contribution in [0.25, 0.3) is 22.4 Å². The molecule has 3 aromatic rings. The van der Waals surface area contributed by atoms with Gasteiger partial charge in [0.25, 0.3) is 0 Å². The second-order valence-corrected chi connectivity index (χ2v) is 9.00. The normalized spacial score (nSPS) is 13.2. The largest absolute Gasteiger partial charge is 0.394 e. The number of hydroxylamine groups is 1. The number of carbonyl (C=O) groups is 2. The first-order valence-corrected chi connectivity index (χ1v) is 10.8. The highest BCUT2D eigenvalue weighted by atomic mass is 16.5. The predicted molar refractivity (Wildman–Crippen MR) is 125 cm³/mol. The van der Waals surface area contributed by atoms with Crippen molar-refractivity contribution in [2.45, 2.75) is 39.3 Å². The summed E-state index contributed by atoms with van der Waals surface area (Å²) in [5.41, 5.74) is 4.92. The summed E-state index contributed by atoms with van der Waals surface area (Å²) in [5.74, 6) is -1.10. The van der Waals surface area contributed by atoms with Crippen molar-refractivity contribution in [3.05, 3.63) is 67.1 Å². The Hall–Kier alpha value is -3.49. The van der Waals surface area contributed by atoms with Crippen LogP contribution in [0.1, 0.15) is 33.2 Å². The lowest BCUT2D eigenvalue weighted by atomic mass is 9.87. The molecule has 0 aliphatic heterocycles. The first-order chi connectivity index (χ1) is 15.7. The first-order valence-electron chi connectivity index (χ1n) is 10.8. The standard InChI is InChI=1S/C25H30N4O4/c1-25(2,3)22(16-30)27-24(32)21(14-23(31)28-33)29-13-11-19(15-29)17-7-9-18(10-8-17)20-6-4-5-12-26-20/h4-13,15,21-22,30,33H,14,16H2,1-3H3,(H,27,32)(H,28,31)/t21-,22-/m1/s1. The molecule has 2 aromatic heterocycles. The van der Waals surface area contributed by atoms with E-state index >= 15 is 0 Å². The predicted octanol–water partition coefficient (Wildman–Crippen LogP) is 3.18. The van der Waals surface area contributed by atoms with Crippen molar-refractivity contribution in [1.82, 2.24) is 20.3 Å². The SMILES string of the molecule is CC(C)(C)[C@@H](CO)NC(=O)[C@@H](CC(=O)NO)n1ccc(-c2ccc(-c3ccccn3)cc2)c1. The molecule has 0 bridgehead atoms. The van der Waals surface area contributed by atoms with Crippen LogP contribution in [0.2, 0.25) is 0 Å². The van der Waals surface area contributed by atoms with Gasteiger partial charge in [-0.1, -0.05) is 51.1 Å². The molecule has 0 saturated carbocycles. The molecule has 2 amide bonds. The smallest absolute Gasteiger partial charge is 0.245 e. The van der Waals surface area contributed by atoms with Crippen LogP contribution in [0.4, 0.5) is 0 Å². The van der Waals surface area contributed by atoms with E-state index in [1.807, 2.05) is 69.3 Å². The fourth-order valence-electron chi connectivity index (χ4n) is 3.50. The number of hydrogen-bond donors (Lipinski definition) is 4. The number of nitrogens with zero attached hydrogens (tertiary/aromatic N) is 2. The molecule has 0 spiro atoms. The van der Waals surface area contributed by atoms with Crippen LogP contribution >= 0.6 is 0 Å². The Bertz CT molecular complexity index is 1070. The molecule has 2 atom stereocenters. The van der Waals surface area contributed by atoms with E-state index in [0.29, 0.717) is 0 Å². The van der Waals surface area contributed by atoms with Gasteiger partial charge < -0.3 is 15.0 Å². The van der Waals surface area contributed by atoms with Gasteiger partial charge >= 0.3 is 0 Å². The molecule has 174 valence electrons. The highest BCUT2D eigenvalue weighted by Gasteiger charge is 2.30. The van der Waals surface area contributed by atoms with Gasteiger partial charge in [-0.25, -0.2) is 5.48 Å². The Morgan fingerprint density at radius 3 is 2.30 bits per heavy atom. The molecule has 8 nitrogen and oxygen atoms in total. The van der Waals surface area contributed by atoms with Crippen LogP contribution in [0.15, 0.2) is 67.1 Å². The highest BCUT2D eigenvalue weighted by Crippen LogP contribution is 2.26. The van der Waals surface area contributed by atoms with Crippen LogP contribution in [0.5, 0.6) is 0 Å². The van der Waals surface area contributed by atoms with Crippen LogP contribution in [0, 0.1) is 5.41 Å². The van der Waals surface area contributed by atoms with Gasteiger partial charge in [0, 0.05) is 24.2 Å². The second kappa shape index (κ2) is 10.4. The average molecular weight is 451 g/mol. The summed E-state index contributed by atoms with van der Waals surface area (Å²) in [6.45, 7) is 5.50. The minimum absolute atomic E-state index is 0.228. The third-order valence-corrected chi connectivity index (χ3v) is 5.60. The van der Waals surface area contributed by atoms with E-state index in [-0.39, 0.29) is 18.4 Å². The van der Waals surface area contributed by atoms with Crippen molar-refractivity contribution in [2.75, 3.05) is 6.61 Å². The average Bonchev–Trinajstić information content (AvgIpc) is 3.30. The number of aliphatic hydroxyl groups excluding tert-OH is 1. The van der Waals surface area contributed by atoms with Crippen LogP contribution in [-0.4, -0.2) is 44.3 Å². The van der Waals surface area contributed by atoms with E-state index in [4.69, 9.17) is 5.21 Å². The van der Waals surface area contributed by atoms with Gasteiger partial charge in [0.15, 0.2) is 0 Å². The summed E-state index contributed by atoms with van der Waals surface area (Å²) >= 11 is 0. The number of aromatic nitrogens is 2. The number of benzene rings is 1. The summed E-state index contributed by atoms with van der Waals surface area (Å²) in [5, 5.41) is 21.5. The number of rotatable bonds is 8. The third kappa shape index (κ3) is 6.06. The number of nitrogens with one attached hydrogen (secondary N) is 2. The molecule has 0 aliphatic rings. The maximum atomic E-state index is 13.0. The van der Waals surface area contributed by atoms with Crippen molar-refractivity contribution in [2.24, 2.45) is 5.41 Å². The van der Waals surface area contributed by atoms with Gasteiger partial charge in [-0.2, -0.15) is 0 Å². The van der Waals surface area contributed by atoms with Gasteiger partial charge in [-0.05, 0) is 34.7 Å². The molecule has 0 unspecified atom stereocenters. The zero-order chi connectivity index (χ0) is 24.0. The van der Waals surface area contributed by atoms with E-state index in [2.05, 4.69) is 10.3 Å². The summed E-state index contributed by atoms with van der Waals surface area (Å²) in [4.78, 5) is 29.3. The molecule has 33 heavy (non-hydrogen) atoms. The number of carbonyl (C=O) groups excluding carboxylic acids is 2. The van der Waals surface area contributed by atoms with E-state index in [1.54, 1.807) is 28.6 Å². The molecular formula is C25H30N4O4. The quantitative estimate of drug-likeness (QED) is 0.311. The van der Waals surface area contributed by atoms with Crippen molar-refractivity contribution >= 4 is 11.8 Å². The molecule has 0 radical (unpaired) electrons. The summed E-state index contributed by atoms with van der Waals surface area (Å²) in [6, 6.07) is 14.1. The third-order valence-electron chi connectivity index (χ3n) is 5.60. The van der Waals surface area contributed by atoms with E-state index in [0.717, 1.165) is 22.4 Å². The summed E-state index contributed by atoms with van der Waals surface area (Å²) < 4.78 is 1.64. The topological polar surface area (TPSA) is 116 Å². The Labute approximate surface area is 193 Å². The summed E-state index contributed by atoms with van der Waals surface area (Å²) in [7, 11) is 0. The Balaban J connectivity index is 1.84. The summed E-state index contributed by atoms with van der Waals surface area (Å²) in [6.07, 6.45) is 5.01. The zero-order valence-corrected chi connectivity index (χ0v) is 19.0. The van der Waals surface area contributed by atoms with Gasteiger partial charge in [-0.3, -0.25) is 19.8 Å². The Morgan fingerprint density at radius 2 is 1.73 bits per heavy atom. The lowest BCUT2D eigenvalue weighted by Crippen LogP contribution is -2.49. The minimum Gasteiger partial charge on any atom is -0.394 e. The van der Waals surface area contributed by atoms with Crippen molar-refractivity contribution in [1.29, 1.82) is 0 Å². The van der Waals surface area contributed by atoms with Crippen molar-refractivity contribution in [3.8, 4) is 22.4 Å². The van der Waals surface area contributed by atoms with Crippen LogP contribution in [0.3, 0.4) is 0 Å². The van der Waals surface area contributed by atoms with E-state index < -0.39 is 23.9 Å². The van der Waals surface area contributed by atoms with Gasteiger partial charge in [0.1, 0.15) is 6.04 Å². The Kier molecular flexibility index (Phi) is 7.63. The molecule has 4 N–H and O–H groups in total. The number of amides is 2. The number of pyridine rings is 1. The fraction of sp³-hybridized carbons (Fsp3) is 0.320. The molecular weight excluding hydrogens is 420 g/mol. The number of hydrogen-bond acceptors (Lipinski definition) is 5. The second-order valence-electron chi connectivity index (χ2n) is 9.00. The van der Waals surface area contributed by atoms with Crippen LogP contribution < -0.4 is 10.8 Å². The number of aliphatic hydroxyl groups is 1. The molecule has 2 heterocycles. The maximum absolute atomic E-state index is 13.0. The molecule has 0 aliphatic carbocycles. The van der Waals surface area contributed by atoms with Crippen molar-refractivity contribution in [3.63, 3.8) is 0 Å². The van der Waals surface area contributed by atoms with Gasteiger partial charge in [-0.15, -0.1) is 0 Å². The maximum Gasteiger partial charge on any atom is 0.245 e. The van der Waals surface area contributed by atoms with Gasteiger partial charge in [0.2, 0.25) is 11.8 Å². The molecule has 0 fully saturated rings.